The van der Waals surface area contributed by atoms with Crippen molar-refractivity contribution in [1.82, 2.24) is 0 Å². The molecule has 0 radical (unpaired) electrons. The fourth-order valence-electron chi connectivity index (χ4n) is 2.95. The summed E-state index contributed by atoms with van der Waals surface area (Å²) in [5, 5.41) is 9.07. The van der Waals surface area contributed by atoms with Crippen molar-refractivity contribution < 1.29 is 14.6 Å². The molecule has 4 rings (SSSR count). The second-order valence-electron chi connectivity index (χ2n) is 4.82. The lowest BCUT2D eigenvalue weighted by Gasteiger charge is -2.16. The summed E-state index contributed by atoms with van der Waals surface area (Å²) in [6.07, 6.45) is -0.183. The van der Waals surface area contributed by atoms with Crippen LogP contribution in [0, 0.1) is 0 Å². The molecule has 0 saturated heterocycles. The molecule has 0 amide bonds. The topological polar surface area (TPSA) is 46.5 Å². The number of rotatable bonds is 1. The van der Waals surface area contributed by atoms with Crippen LogP contribution in [0.2, 0.25) is 0 Å². The molecule has 2 heterocycles. The van der Waals surface area contributed by atoms with Crippen LogP contribution in [-0.2, 0) is 4.74 Å². The number of carbonyl (C=O) groups is 1. The normalized spacial score (nSPS) is 22.2. The minimum absolute atomic E-state index is 0.0599. The highest BCUT2D eigenvalue weighted by molar-refractivity contribution is 9.10. The van der Waals surface area contributed by atoms with Crippen molar-refractivity contribution in [1.29, 1.82) is 0 Å². The summed E-state index contributed by atoms with van der Waals surface area (Å²) >= 11 is 3.47. The van der Waals surface area contributed by atoms with Crippen molar-refractivity contribution in [3.8, 4) is 0 Å². The standard InChI is InChI=1S/C15H9BrO3/c16-8-2-4-10-12(6-8)14-9-3-1-7(15(17)18)5-11(9)13(10)19-14/h1-6,13-14H,(H,17,18). The van der Waals surface area contributed by atoms with Crippen molar-refractivity contribution in [2.75, 3.05) is 0 Å². The summed E-state index contributed by atoms with van der Waals surface area (Å²) in [5.74, 6) is -0.901. The first-order chi connectivity index (χ1) is 9.15. The lowest BCUT2D eigenvalue weighted by atomic mass is 9.85. The molecule has 2 bridgehead atoms. The Morgan fingerprint density at radius 3 is 2.32 bits per heavy atom. The second-order valence-corrected chi connectivity index (χ2v) is 5.73. The van der Waals surface area contributed by atoms with Gasteiger partial charge in [-0.1, -0.05) is 28.1 Å². The van der Waals surface area contributed by atoms with Gasteiger partial charge in [-0.2, -0.15) is 0 Å². The molecule has 2 aromatic carbocycles. The van der Waals surface area contributed by atoms with Gasteiger partial charge in [-0.3, -0.25) is 0 Å². The highest BCUT2D eigenvalue weighted by Gasteiger charge is 2.42. The fourth-order valence-corrected chi connectivity index (χ4v) is 3.33. The van der Waals surface area contributed by atoms with Crippen LogP contribution in [0.4, 0.5) is 0 Å². The largest absolute Gasteiger partial charge is 0.478 e. The van der Waals surface area contributed by atoms with Crippen molar-refractivity contribution in [2.24, 2.45) is 0 Å². The van der Waals surface area contributed by atoms with E-state index in [-0.39, 0.29) is 12.2 Å². The third-order valence-corrected chi connectivity index (χ3v) is 4.28. The van der Waals surface area contributed by atoms with E-state index in [0.29, 0.717) is 5.56 Å². The summed E-state index contributed by atoms with van der Waals surface area (Å²) in [6.45, 7) is 0. The maximum atomic E-state index is 11.1. The van der Waals surface area contributed by atoms with Crippen LogP contribution in [0.5, 0.6) is 0 Å². The first-order valence-corrected chi connectivity index (χ1v) is 6.76. The number of benzene rings is 2. The smallest absolute Gasteiger partial charge is 0.335 e. The molecule has 0 fully saturated rings. The molecular formula is C15H9BrO3. The molecule has 2 aliphatic rings. The molecule has 19 heavy (non-hydrogen) atoms. The molecule has 1 N–H and O–H groups in total. The Hall–Kier alpha value is -1.65. The maximum Gasteiger partial charge on any atom is 0.335 e. The predicted octanol–water partition coefficient (Wildman–Crippen LogP) is 3.67. The number of halogens is 1. The molecule has 94 valence electrons. The van der Waals surface area contributed by atoms with Crippen molar-refractivity contribution in [2.45, 2.75) is 12.2 Å². The SMILES string of the molecule is O=C(O)c1ccc2c(c1)C1OC2c2cc(Br)ccc21. The number of ether oxygens (including phenoxy) is 1. The van der Waals surface area contributed by atoms with Gasteiger partial charge in [-0.05, 0) is 46.5 Å². The van der Waals surface area contributed by atoms with Gasteiger partial charge < -0.3 is 9.84 Å². The zero-order valence-electron chi connectivity index (χ0n) is 9.76. The van der Waals surface area contributed by atoms with E-state index >= 15 is 0 Å². The lowest BCUT2D eigenvalue weighted by molar-refractivity contribution is 0.0696. The van der Waals surface area contributed by atoms with Crippen LogP contribution in [0.3, 0.4) is 0 Å². The summed E-state index contributed by atoms with van der Waals surface area (Å²) < 4.78 is 7.02. The van der Waals surface area contributed by atoms with E-state index in [1.165, 1.54) is 5.56 Å². The molecule has 2 aromatic rings. The molecular weight excluding hydrogens is 308 g/mol. The van der Waals surface area contributed by atoms with E-state index in [4.69, 9.17) is 9.84 Å². The van der Waals surface area contributed by atoms with E-state index in [1.54, 1.807) is 12.1 Å². The number of aromatic carboxylic acids is 1. The number of carboxylic acids is 1. The van der Waals surface area contributed by atoms with E-state index in [1.807, 2.05) is 18.2 Å². The summed E-state index contributed by atoms with van der Waals surface area (Å²) in [4.78, 5) is 11.1. The van der Waals surface area contributed by atoms with Crippen LogP contribution in [0.1, 0.15) is 44.8 Å². The van der Waals surface area contributed by atoms with E-state index in [9.17, 15) is 4.79 Å². The van der Waals surface area contributed by atoms with Gasteiger partial charge in [0.05, 0.1) is 5.56 Å². The maximum absolute atomic E-state index is 11.1. The van der Waals surface area contributed by atoms with Crippen LogP contribution in [-0.4, -0.2) is 11.1 Å². The third kappa shape index (κ3) is 1.44. The molecule has 2 atom stereocenters. The van der Waals surface area contributed by atoms with Crippen LogP contribution in [0.15, 0.2) is 40.9 Å². The Morgan fingerprint density at radius 1 is 1.00 bits per heavy atom. The van der Waals surface area contributed by atoms with Crippen molar-refractivity contribution >= 4 is 21.9 Å². The Bertz CT molecular complexity index is 723. The summed E-state index contributed by atoms with van der Waals surface area (Å²) in [6, 6.07) is 11.3. The fraction of sp³-hybridized carbons (Fsp3) is 0.133. The first kappa shape index (κ1) is 11.2. The first-order valence-electron chi connectivity index (χ1n) is 5.97. The molecule has 0 aromatic heterocycles. The van der Waals surface area contributed by atoms with Crippen LogP contribution < -0.4 is 0 Å². The molecule has 2 unspecified atom stereocenters. The number of hydrogen-bond donors (Lipinski definition) is 1. The van der Waals surface area contributed by atoms with Gasteiger partial charge in [0.2, 0.25) is 0 Å². The molecule has 0 aliphatic carbocycles. The van der Waals surface area contributed by atoms with Crippen LogP contribution >= 0.6 is 15.9 Å². The molecule has 2 aliphatic heterocycles. The summed E-state index contributed by atoms with van der Waals surface area (Å²) in [5.41, 5.74) is 4.70. The Balaban J connectivity index is 1.90. The highest BCUT2D eigenvalue weighted by atomic mass is 79.9. The Kier molecular flexibility index (Phi) is 2.17. The van der Waals surface area contributed by atoms with Crippen molar-refractivity contribution in [3.05, 3.63) is 68.7 Å². The van der Waals surface area contributed by atoms with Gasteiger partial charge >= 0.3 is 5.97 Å². The zero-order chi connectivity index (χ0) is 13.1. The number of hydrogen-bond acceptors (Lipinski definition) is 2. The lowest BCUT2D eigenvalue weighted by Crippen LogP contribution is -2.05. The average molecular weight is 317 g/mol. The molecule has 4 heteroatoms. The Morgan fingerprint density at radius 2 is 1.63 bits per heavy atom. The van der Waals surface area contributed by atoms with Crippen molar-refractivity contribution in [3.63, 3.8) is 0 Å². The van der Waals surface area contributed by atoms with Gasteiger partial charge in [0.25, 0.3) is 0 Å². The third-order valence-electron chi connectivity index (χ3n) is 3.78. The predicted molar refractivity (Wildman–Crippen MR) is 72.3 cm³/mol. The van der Waals surface area contributed by atoms with Gasteiger partial charge in [-0.25, -0.2) is 4.79 Å². The Labute approximate surface area is 118 Å². The summed E-state index contributed by atoms with van der Waals surface area (Å²) in [7, 11) is 0. The monoisotopic (exact) mass is 316 g/mol. The molecule has 0 spiro atoms. The van der Waals surface area contributed by atoms with Gasteiger partial charge in [0.1, 0.15) is 12.2 Å². The van der Waals surface area contributed by atoms with E-state index in [2.05, 4.69) is 22.0 Å². The minimum Gasteiger partial charge on any atom is -0.478 e. The van der Waals surface area contributed by atoms with E-state index in [0.717, 1.165) is 21.2 Å². The molecule has 0 saturated carbocycles. The van der Waals surface area contributed by atoms with Gasteiger partial charge in [0.15, 0.2) is 0 Å². The number of carboxylic acid groups (broad SMARTS) is 1. The van der Waals surface area contributed by atoms with E-state index < -0.39 is 5.97 Å². The van der Waals surface area contributed by atoms with Gasteiger partial charge in [-0.15, -0.1) is 0 Å². The van der Waals surface area contributed by atoms with Crippen LogP contribution in [0.25, 0.3) is 0 Å². The second kappa shape index (κ2) is 3.68. The highest BCUT2D eigenvalue weighted by Crippen LogP contribution is 2.54. The zero-order valence-corrected chi connectivity index (χ0v) is 11.3. The average Bonchev–Trinajstić information content (AvgIpc) is 2.94. The number of fused-ring (bicyclic) bond motifs is 8. The minimum atomic E-state index is -0.901. The molecule has 3 nitrogen and oxygen atoms in total. The van der Waals surface area contributed by atoms with Gasteiger partial charge in [0, 0.05) is 4.47 Å². The quantitative estimate of drug-likeness (QED) is 0.873.